The van der Waals surface area contributed by atoms with Crippen molar-refractivity contribution in [1.29, 1.82) is 0 Å². The Labute approximate surface area is 214 Å². The number of ether oxygens (including phenoxy) is 5. The molecule has 2 aliphatic rings. The second-order valence-corrected chi connectivity index (χ2v) is 9.30. The molecular formula is C26H34O11. The van der Waals surface area contributed by atoms with Crippen LogP contribution in [0.3, 0.4) is 0 Å². The summed E-state index contributed by atoms with van der Waals surface area (Å²) in [5.74, 6) is 0.766. The van der Waals surface area contributed by atoms with Crippen LogP contribution in [0, 0.1) is 11.8 Å². The molecule has 2 aromatic rings. The largest absolute Gasteiger partial charge is 0.504 e. The summed E-state index contributed by atoms with van der Waals surface area (Å²) in [7, 11) is 2.93. The second kappa shape index (κ2) is 11.8. The number of hydrogen-bond acceptors (Lipinski definition) is 11. The molecule has 11 nitrogen and oxygen atoms in total. The molecule has 4 rings (SSSR count). The molecule has 0 saturated carbocycles. The minimum Gasteiger partial charge on any atom is -0.504 e. The Bertz CT molecular complexity index is 1050. The molecule has 0 bridgehead atoms. The maximum absolute atomic E-state index is 10.3. The van der Waals surface area contributed by atoms with Crippen molar-refractivity contribution < 1.29 is 54.3 Å². The van der Waals surface area contributed by atoms with Crippen molar-refractivity contribution in [3.05, 3.63) is 47.5 Å². The lowest BCUT2D eigenvalue weighted by Crippen LogP contribution is -2.60. The summed E-state index contributed by atoms with van der Waals surface area (Å²) in [5, 5.41) is 59.7. The zero-order valence-electron chi connectivity index (χ0n) is 20.6. The molecule has 2 aliphatic heterocycles. The van der Waals surface area contributed by atoms with Gasteiger partial charge in [0.25, 0.3) is 0 Å². The van der Waals surface area contributed by atoms with E-state index in [9.17, 15) is 30.6 Å². The summed E-state index contributed by atoms with van der Waals surface area (Å²) in [6.45, 7) is -0.249. The van der Waals surface area contributed by atoms with Gasteiger partial charge in [-0.2, -0.15) is 0 Å². The molecule has 2 saturated heterocycles. The summed E-state index contributed by atoms with van der Waals surface area (Å²) >= 11 is 0. The SMILES string of the molecule is COc1cc(C[C@H]2CO[C@H](c3ccc(O[C@@H]4O[C@@H](CO)[C@@H](O)[C@@H](O)[C@H]4O)c(OC)c3)[C@@H]2CO)ccc1O. The van der Waals surface area contributed by atoms with E-state index in [0.717, 1.165) is 11.1 Å². The van der Waals surface area contributed by atoms with Gasteiger partial charge in [0, 0.05) is 12.5 Å². The van der Waals surface area contributed by atoms with Crippen molar-refractivity contribution >= 4 is 0 Å². The van der Waals surface area contributed by atoms with Gasteiger partial charge in [-0.3, -0.25) is 0 Å². The number of aromatic hydroxyl groups is 1. The van der Waals surface area contributed by atoms with Crippen molar-refractivity contribution in [3.8, 4) is 23.0 Å². The predicted molar refractivity (Wildman–Crippen MR) is 129 cm³/mol. The van der Waals surface area contributed by atoms with Crippen molar-refractivity contribution in [2.24, 2.45) is 11.8 Å². The first-order valence-electron chi connectivity index (χ1n) is 12.0. The van der Waals surface area contributed by atoms with Crippen LogP contribution in [0.1, 0.15) is 17.2 Å². The van der Waals surface area contributed by atoms with Crippen molar-refractivity contribution in [2.75, 3.05) is 34.0 Å². The van der Waals surface area contributed by atoms with E-state index in [0.29, 0.717) is 24.5 Å². The van der Waals surface area contributed by atoms with Crippen LogP contribution < -0.4 is 14.2 Å². The van der Waals surface area contributed by atoms with Gasteiger partial charge in [0.15, 0.2) is 23.0 Å². The fourth-order valence-electron chi connectivity index (χ4n) is 4.92. The number of hydrogen-bond donors (Lipinski definition) is 6. The Hall–Kier alpha value is -2.64. The normalized spacial score (nSPS) is 31.8. The van der Waals surface area contributed by atoms with Crippen LogP contribution in [0.4, 0.5) is 0 Å². The fraction of sp³-hybridized carbons (Fsp3) is 0.538. The summed E-state index contributed by atoms with van der Waals surface area (Å²) < 4.78 is 27.9. The van der Waals surface area contributed by atoms with E-state index >= 15 is 0 Å². The third-order valence-corrected chi connectivity index (χ3v) is 7.04. The van der Waals surface area contributed by atoms with Crippen LogP contribution in [0.5, 0.6) is 23.0 Å². The van der Waals surface area contributed by atoms with Gasteiger partial charge in [-0.05, 0) is 47.7 Å². The molecule has 8 atom stereocenters. The number of rotatable bonds is 9. The molecule has 2 aromatic carbocycles. The number of aliphatic hydroxyl groups is 5. The zero-order valence-corrected chi connectivity index (χ0v) is 20.6. The van der Waals surface area contributed by atoms with Gasteiger partial charge in [-0.1, -0.05) is 12.1 Å². The highest BCUT2D eigenvalue weighted by Gasteiger charge is 2.45. The number of benzene rings is 2. The highest BCUT2D eigenvalue weighted by molar-refractivity contribution is 5.44. The molecule has 0 aliphatic carbocycles. The monoisotopic (exact) mass is 522 g/mol. The molecular weight excluding hydrogens is 488 g/mol. The zero-order chi connectivity index (χ0) is 26.7. The minimum absolute atomic E-state index is 0.0142. The van der Waals surface area contributed by atoms with Gasteiger partial charge < -0.3 is 54.3 Å². The van der Waals surface area contributed by atoms with Gasteiger partial charge in [0.1, 0.15) is 24.4 Å². The quantitative estimate of drug-likeness (QED) is 0.265. The van der Waals surface area contributed by atoms with Crippen molar-refractivity contribution in [2.45, 2.75) is 43.2 Å². The van der Waals surface area contributed by atoms with Crippen LogP contribution in [-0.2, 0) is 15.9 Å². The molecule has 6 N–H and O–H groups in total. The molecule has 2 heterocycles. The standard InChI is InChI=1S/C26H34O11/c1-33-19-8-13(3-5-17(19)29)7-15-12-35-25(16(15)10-27)14-4-6-18(20(9-14)34-2)36-26-24(32)23(31)22(30)21(11-28)37-26/h3-6,8-9,15-16,21-32H,7,10-12H2,1-2H3/t15-,16+,21-,22+,23+,24+,25+,26+/m0/s1. The van der Waals surface area contributed by atoms with Gasteiger partial charge in [-0.15, -0.1) is 0 Å². The van der Waals surface area contributed by atoms with E-state index in [2.05, 4.69) is 0 Å². The van der Waals surface area contributed by atoms with Gasteiger partial charge in [0.05, 0.1) is 33.5 Å². The Morgan fingerprint density at radius 3 is 2.30 bits per heavy atom. The van der Waals surface area contributed by atoms with Crippen molar-refractivity contribution in [1.82, 2.24) is 0 Å². The summed E-state index contributed by atoms with van der Waals surface area (Å²) in [5.41, 5.74) is 1.70. The number of phenols is 1. The summed E-state index contributed by atoms with van der Waals surface area (Å²) in [6, 6.07) is 10.2. The lowest BCUT2D eigenvalue weighted by atomic mass is 9.84. The highest BCUT2D eigenvalue weighted by Crippen LogP contribution is 2.43. The van der Waals surface area contributed by atoms with E-state index in [1.165, 1.54) is 14.2 Å². The lowest BCUT2D eigenvalue weighted by Gasteiger charge is -2.39. The van der Waals surface area contributed by atoms with E-state index < -0.39 is 43.4 Å². The van der Waals surface area contributed by atoms with E-state index in [4.69, 9.17) is 23.7 Å². The predicted octanol–water partition coefficient (Wildman–Crippen LogP) is 0.127. The Kier molecular flexibility index (Phi) is 8.75. The van der Waals surface area contributed by atoms with E-state index in [-0.39, 0.29) is 29.9 Å². The average Bonchev–Trinajstić information content (AvgIpc) is 3.32. The van der Waals surface area contributed by atoms with E-state index in [1.54, 1.807) is 30.3 Å². The van der Waals surface area contributed by atoms with Crippen LogP contribution in [0.2, 0.25) is 0 Å². The Balaban J connectivity index is 1.49. The second-order valence-electron chi connectivity index (χ2n) is 9.30. The molecule has 37 heavy (non-hydrogen) atoms. The first-order valence-corrected chi connectivity index (χ1v) is 12.0. The molecule has 0 aromatic heterocycles. The van der Waals surface area contributed by atoms with Crippen LogP contribution in [-0.4, -0.2) is 95.4 Å². The smallest absolute Gasteiger partial charge is 0.229 e. The fourth-order valence-corrected chi connectivity index (χ4v) is 4.92. The van der Waals surface area contributed by atoms with Gasteiger partial charge in [-0.25, -0.2) is 0 Å². The van der Waals surface area contributed by atoms with Gasteiger partial charge >= 0.3 is 0 Å². The first kappa shape index (κ1) is 27.4. The maximum Gasteiger partial charge on any atom is 0.229 e. The summed E-state index contributed by atoms with van der Waals surface area (Å²) in [4.78, 5) is 0. The molecule has 0 unspecified atom stereocenters. The van der Waals surface area contributed by atoms with E-state index in [1.807, 2.05) is 6.07 Å². The molecule has 0 amide bonds. The molecule has 204 valence electrons. The van der Waals surface area contributed by atoms with Crippen LogP contribution in [0.25, 0.3) is 0 Å². The maximum atomic E-state index is 10.3. The average molecular weight is 523 g/mol. The highest BCUT2D eigenvalue weighted by atomic mass is 16.7. The topological polar surface area (TPSA) is 168 Å². The Morgan fingerprint density at radius 2 is 1.62 bits per heavy atom. The van der Waals surface area contributed by atoms with Crippen LogP contribution in [0.15, 0.2) is 36.4 Å². The minimum atomic E-state index is -1.57. The number of aliphatic hydroxyl groups excluding tert-OH is 5. The number of phenolic OH excluding ortho intramolecular Hbond substituents is 1. The third-order valence-electron chi connectivity index (χ3n) is 7.04. The first-order chi connectivity index (χ1) is 17.8. The van der Waals surface area contributed by atoms with Crippen molar-refractivity contribution in [3.63, 3.8) is 0 Å². The molecule has 11 heteroatoms. The lowest BCUT2D eigenvalue weighted by molar-refractivity contribution is -0.277. The molecule has 2 fully saturated rings. The van der Waals surface area contributed by atoms with Crippen LogP contribution >= 0.6 is 0 Å². The summed E-state index contributed by atoms with van der Waals surface area (Å²) in [6.07, 6.45) is -6.86. The molecule has 0 spiro atoms. The molecule has 0 radical (unpaired) electrons. The van der Waals surface area contributed by atoms with Gasteiger partial charge in [0.2, 0.25) is 6.29 Å². The third kappa shape index (κ3) is 5.63. The Morgan fingerprint density at radius 1 is 0.865 bits per heavy atom. The number of methoxy groups -OCH3 is 2.